The zero-order valence-corrected chi connectivity index (χ0v) is 11.2. The smallest absolute Gasteiger partial charge is 0.325 e. The van der Waals surface area contributed by atoms with Crippen molar-refractivity contribution in [3.05, 3.63) is 28.2 Å². The van der Waals surface area contributed by atoms with Crippen molar-refractivity contribution in [2.24, 2.45) is 0 Å². The fraction of sp³-hybridized carbons (Fsp3) is 0.333. The first-order valence-electron chi connectivity index (χ1n) is 5.16. The second-order valence-electron chi connectivity index (χ2n) is 3.69. The Labute approximate surface area is 109 Å². The minimum absolute atomic E-state index is 0.0501. The summed E-state index contributed by atoms with van der Waals surface area (Å²) in [5, 5.41) is 11.8. The highest BCUT2D eigenvalue weighted by atomic mass is 79.9. The standard InChI is InChI=1S/C12H13BrN2O2/c1-8(2)17-12(16)7-15-11-4-3-10(13)5-9(11)6-14/h3-5,8,15H,7H2,1-2H3. The van der Waals surface area contributed by atoms with Gasteiger partial charge in [0.15, 0.2) is 0 Å². The highest BCUT2D eigenvalue weighted by Crippen LogP contribution is 2.19. The number of esters is 1. The number of carbonyl (C=O) groups excluding carboxylic acids is 1. The fourth-order valence-electron chi connectivity index (χ4n) is 1.24. The van der Waals surface area contributed by atoms with Gasteiger partial charge in [0.05, 0.1) is 17.4 Å². The molecule has 0 radical (unpaired) electrons. The number of benzene rings is 1. The Kier molecular flexibility index (Phi) is 4.98. The minimum atomic E-state index is -0.341. The summed E-state index contributed by atoms with van der Waals surface area (Å²) >= 11 is 3.28. The van der Waals surface area contributed by atoms with Crippen LogP contribution >= 0.6 is 15.9 Å². The molecule has 0 bridgehead atoms. The number of hydrogen-bond acceptors (Lipinski definition) is 4. The van der Waals surface area contributed by atoms with Gasteiger partial charge < -0.3 is 10.1 Å². The van der Waals surface area contributed by atoms with Crippen molar-refractivity contribution in [1.82, 2.24) is 0 Å². The van der Waals surface area contributed by atoms with E-state index in [-0.39, 0.29) is 18.6 Å². The SMILES string of the molecule is CC(C)OC(=O)CNc1ccc(Br)cc1C#N. The highest BCUT2D eigenvalue weighted by molar-refractivity contribution is 9.10. The van der Waals surface area contributed by atoms with Gasteiger partial charge in [0.1, 0.15) is 12.6 Å². The molecule has 90 valence electrons. The van der Waals surface area contributed by atoms with Gasteiger partial charge in [-0.2, -0.15) is 5.26 Å². The van der Waals surface area contributed by atoms with Crippen LogP contribution in [0.3, 0.4) is 0 Å². The summed E-state index contributed by atoms with van der Waals surface area (Å²) in [4.78, 5) is 11.3. The summed E-state index contributed by atoms with van der Waals surface area (Å²) in [6.45, 7) is 3.63. The van der Waals surface area contributed by atoms with Gasteiger partial charge in [-0.25, -0.2) is 0 Å². The maximum absolute atomic E-state index is 11.3. The molecule has 0 saturated carbocycles. The van der Waals surface area contributed by atoms with Gasteiger partial charge in [-0.15, -0.1) is 0 Å². The molecule has 0 heterocycles. The molecule has 4 nitrogen and oxygen atoms in total. The highest BCUT2D eigenvalue weighted by Gasteiger charge is 2.07. The number of nitrogens with one attached hydrogen (secondary N) is 1. The molecule has 1 rings (SSSR count). The summed E-state index contributed by atoms with van der Waals surface area (Å²) in [5.41, 5.74) is 1.10. The molecule has 0 aliphatic carbocycles. The van der Waals surface area contributed by atoms with E-state index in [4.69, 9.17) is 10.00 Å². The van der Waals surface area contributed by atoms with Crippen LogP contribution in [0.25, 0.3) is 0 Å². The molecule has 0 spiro atoms. The van der Waals surface area contributed by atoms with Gasteiger partial charge in [-0.3, -0.25) is 4.79 Å². The van der Waals surface area contributed by atoms with E-state index >= 15 is 0 Å². The van der Waals surface area contributed by atoms with Crippen LogP contribution in [0.4, 0.5) is 5.69 Å². The Morgan fingerprint density at radius 3 is 2.88 bits per heavy atom. The molecule has 0 aliphatic rings. The van der Waals surface area contributed by atoms with Crippen LogP contribution in [0.1, 0.15) is 19.4 Å². The predicted molar refractivity (Wildman–Crippen MR) is 68.6 cm³/mol. The van der Waals surface area contributed by atoms with Crippen LogP contribution in [-0.4, -0.2) is 18.6 Å². The first-order chi connectivity index (χ1) is 8.02. The van der Waals surface area contributed by atoms with Crippen molar-refractivity contribution < 1.29 is 9.53 Å². The summed E-state index contributed by atoms with van der Waals surface area (Å²) in [6.07, 6.45) is -0.135. The van der Waals surface area contributed by atoms with Gasteiger partial charge in [-0.1, -0.05) is 15.9 Å². The molecular formula is C12H13BrN2O2. The average Bonchev–Trinajstić information content (AvgIpc) is 2.26. The molecular weight excluding hydrogens is 284 g/mol. The van der Waals surface area contributed by atoms with E-state index < -0.39 is 0 Å². The van der Waals surface area contributed by atoms with Crippen LogP contribution in [0, 0.1) is 11.3 Å². The second-order valence-corrected chi connectivity index (χ2v) is 4.61. The van der Waals surface area contributed by atoms with Crippen LogP contribution < -0.4 is 5.32 Å². The number of ether oxygens (including phenoxy) is 1. The van der Waals surface area contributed by atoms with Crippen LogP contribution in [0.15, 0.2) is 22.7 Å². The Bertz CT molecular complexity index is 452. The summed E-state index contributed by atoms with van der Waals surface area (Å²) in [7, 11) is 0. The van der Waals surface area contributed by atoms with E-state index in [1.54, 1.807) is 32.0 Å². The van der Waals surface area contributed by atoms with Gasteiger partial charge in [-0.05, 0) is 32.0 Å². The molecule has 0 amide bonds. The van der Waals surface area contributed by atoms with Gasteiger partial charge >= 0.3 is 5.97 Å². The molecule has 0 fully saturated rings. The quantitative estimate of drug-likeness (QED) is 0.868. The minimum Gasteiger partial charge on any atom is -0.462 e. The lowest BCUT2D eigenvalue weighted by Crippen LogP contribution is -2.20. The third-order valence-electron chi connectivity index (χ3n) is 1.89. The number of hydrogen-bond donors (Lipinski definition) is 1. The first kappa shape index (κ1) is 13.5. The maximum Gasteiger partial charge on any atom is 0.325 e. The lowest BCUT2D eigenvalue weighted by Gasteiger charge is -2.10. The third-order valence-corrected chi connectivity index (χ3v) is 2.39. The number of halogens is 1. The van der Waals surface area contributed by atoms with Crippen molar-refractivity contribution in [3.8, 4) is 6.07 Å². The van der Waals surface area contributed by atoms with E-state index in [1.807, 2.05) is 0 Å². The topological polar surface area (TPSA) is 62.1 Å². The molecule has 1 N–H and O–H groups in total. The number of rotatable bonds is 4. The molecule has 1 aromatic rings. The Balaban J connectivity index is 2.64. The summed E-state index contributed by atoms with van der Waals surface area (Å²) < 4.78 is 5.80. The van der Waals surface area contributed by atoms with Crippen LogP contribution in [-0.2, 0) is 9.53 Å². The van der Waals surface area contributed by atoms with Crippen molar-refractivity contribution in [3.63, 3.8) is 0 Å². The monoisotopic (exact) mass is 296 g/mol. The first-order valence-corrected chi connectivity index (χ1v) is 5.95. The van der Waals surface area contributed by atoms with Gasteiger partial charge in [0.2, 0.25) is 0 Å². The molecule has 5 heteroatoms. The van der Waals surface area contributed by atoms with E-state index in [0.29, 0.717) is 11.3 Å². The third kappa shape index (κ3) is 4.45. The lowest BCUT2D eigenvalue weighted by atomic mass is 10.2. The Hall–Kier alpha value is -1.54. The maximum atomic E-state index is 11.3. The van der Waals surface area contributed by atoms with E-state index in [1.165, 1.54) is 0 Å². The molecule has 0 aromatic heterocycles. The molecule has 17 heavy (non-hydrogen) atoms. The molecule has 0 atom stereocenters. The van der Waals surface area contributed by atoms with E-state index in [2.05, 4.69) is 27.3 Å². The lowest BCUT2D eigenvalue weighted by molar-refractivity contribution is -0.145. The van der Waals surface area contributed by atoms with Gasteiger partial charge in [0.25, 0.3) is 0 Å². The molecule has 1 aromatic carbocycles. The van der Waals surface area contributed by atoms with E-state index in [9.17, 15) is 4.79 Å². The Morgan fingerprint density at radius 1 is 1.59 bits per heavy atom. The Morgan fingerprint density at radius 2 is 2.29 bits per heavy atom. The summed E-state index contributed by atoms with van der Waals surface area (Å²) in [5.74, 6) is -0.341. The van der Waals surface area contributed by atoms with Crippen LogP contribution in [0.2, 0.25) is 0 Å². The fourth-order valence-corrected chi connectivity index (χ4v) is 1.60. The van der Waals surface area contributed by atoms with Gasteiger partial charge in [0, 0.05) is 4.47 Å². The van der Waals surface area contributed by atoms with Crippen molar-refractivity contribution in [1.29, 1.82) is 5.26 Å². The number of carbonyl (C=O) groups is 1. The zero-order valence-electron chi connectivity index (χ0n) is 9.66. The largest absolute Gasteiger partial charge is 0.462 e. The average molecular weight is 297 g/mol. The molecule has 0 aliphatic heterocycles. The molecule has 0 saturated heterocycles. The number of anilines is 1. The number of nitriles is 1. The van der Waals surface area contributed by atoms with Crippen LogP contribution in [0.5, 0.6) is 0 Å². The van der Waals surface area contributed by atoms with Crippen molar-refractivity contribution in [2.45, 2.75) is 20.0 Å². The molecule has 0 unspecified atom stereocenters. The van der Waals surface area contributed by atoms with Crippen molar-refractivity contribution in [2.75, 3.05) is 11.9 Å². The normalized spacial score (nSPS) is 9.82. The van der Waals surface area contributed by atoms with E-state index in [0.717, 1.165) is 4.47 Å². The second kappa shape index (κ2) is 6.26. The predicted octanol–water partition coefficient (Wildman–Crippen LogP) is 2.68. The summed E-state index contributed by atoms with van der Waals surface area (Å²) in [6, 6.07) is 7.29. The van der Waals surface area contributed by atoms with Crippen molar-refractivity contribution >= 4 is 27.6 Å². The zero-order chi connectivity index (χ0) is 12.8. The number of nitrogens with zero attached hydrogens (tertiary/aromatic N) is 1.